The van der Waals surface area contributed by atoms with Gasteiger partial charge in [0.25, 0.3) is 15.6 Å². The van der Waals surface area contributed by atoms with Gasteiger partial charge in [-0.3, -0.25) is 19.3 Å². The molecule has 0 bridgehead atoms. The van der Waals surface area contributed by atoms with Gasteiger partial charge in [0, 0.05) is 12.7 Å². The Labute approximate surface area is 198 Å². The van der Waals surface area contributed by atoms with E-state index in [2.05, 4.69) is 10.3 Å². The van der Waals surface area contributed by atoms with Crippen LogP contribution < -0.4 is 27.1 Å². The Bertz CT molecular complexity index is 1260. The number of sulfonamides is 1. The highest BCUT2D eigenvalue weighted by Crippen LogP contribution is 2.30. The summed E-state index contributed by atoms with van der Waals surface area (Å²) in [7, 11) is -4.54. The van der Waals surface area contributed by atoms with Crippen molar-refractivity contribution < 1.29 is 31.2 Å². The normalized spacial score (nSPS) is 12.4. The van der Waals surface area contributed by atoms with Crippen LogP contribution in [0.15, 0.2) is 57.3 Å². The van der Waals surface area contributed by atoms with Crippen molar-refractivity contribution in [1.82, 2.24) is 9.88 Å². The molecule has 1 aromatic heterocycles. The molecule has 11 nitrogen and oxygen atoms in total. The monoisotopic (exact) mass is 516 g/mol. The SMILES string of the molecule is NC(N)=NCCCC(C=O)NC(=O)Cn1cccc(NS(=O)(=O)c2cccc(C(F)(F)F)c2)c1=O. The summed E-state index contributed by atoms with van der Waals surface area (Å²) < 4.78 is 66.7. The summed E-state index contributed by atoms with van der Waals surface area (Å²) in [5.41, 5.74) is 7.81. The average Bonchev–Trinajstić information content (AvgIpc) is 2.77. The predicted molar refractivity (Wildman–Crippen MR) is 121 cm³/mol. The maximum Gasteiger partial charge on any atom is 0.416 e. The van der Waals surface area contributed by atoms with E-state index in [1.54, 1.807) is 0 Å². The molecule has 0 aliphatic rings. The summed E-state index contributed by atoms with van der Waals surface area (Å²) in [4.78, 5) is 39.2. The Morgan fingerprint density at radius 2 is 1.91 bits per heavy atom. The minimum atomic E-state index is -4.76. The molecule has 0 fully saturated rings. The number of aromatic nitrogens is 1. The van der Waals surface area contributed by atoms with E-state index >= 15 is 0 Å². The van der Waals surface area contributed by atoms with Gasteiger partial charge in [0.15, 0.2) is 5.96 Å². The summed E-state index contributed by atoms with van der Waals surface area (Å²) in [6.45, 7) is -0.299. The van der Waals surface area contributed by atoms with Crippen molar-refractivity contribution in [2.75, 3.05) is 11.3 Å². The zero-order valence-corrected chi connectivity index (χ0v) is 19.0. The van der Waals surface area contributed by atoms with Crippen LogP contribution in [0, 0.1) is 0 Å². The van der Waals surface area contributed by atoms with E-state index in [-0.39, 0.29) is 18.9 Å². The highest BCUT2D eigenvalue weighted by Gasteiger charge is 2.31. The third kappa shape index (κ3) is 8.13. The summed E-state index contributed by atoms with van der Waals surface area (Å²) in [6.07, 6.45) is -2.41. The molecule has 0 saturated heterocycles. The van der Waals surface area contributed by atoms with Gasteiger partial charge in [0.2, 0.25) is 5.91 Å². The van der Waals surface area contributed by atoms with Crippen molar-refractivity contribution in [3.05, 3.63) is 58.5 Å². The van der Waals surface area contributed by atoms with Crippen LogP contribution >= 0.6 is 0 Å². The number of aliphatic imine (C=N–C) groups is 1. The molecule has 35 heavy (non-hydrogen) atoms. The number of pyridine rings is 1. The largest absolute Gasteiger partial charge is 0.416 e. The Hall–Kier alpha value is -3.88. The quantitative estimate of drug-likeness (QED) is 0.144. The molecule has 0 aliphatic heterocycles. The van der Waals surface area contributed by atoms with Crippen LogP contribution in [0.25, 0.3) is 0 Å². The molecule has 0 aliphatic carbocycles. The number of hydrogen-bond acceptors (Lipinski definition) is 6. The van der Waals surface area contributed by atoms with Gasteiger partial charge in [-0.1, -0.05) is 6.07 Å². The molecule has 0 radical (unpaired) electrons. The molecular weight excluding hydrogens is 493 g/mol. The van der Waals surface area contributed by atoms with Crippen molar-refractivity contribution in [2.24, 2.45) is 16.5 Å². The van der Waals surface area contributed by atoms with E-state index in [0.29, 0.717) is 24.8 Å². The first kappa shape index (κ1) is 27.4. The zero-order chi connectivity index (χ0) is 26.2. The zero-order valence-electron chi connectivity index (χ0n) is 18.2. The van der Waals surface area contributed by atoms with Crippen molar-refractivity contribution in [1.29, 1.82) is 0 Å². The Morgan fingerprint density at radius 3 is 2.54 bits per heavy atom. The van der Waals surface area contributed by atoms with Crippen LogP contribution in [0.4, 0.5) is 18.9 Å². The van der Waals surface area contributed by atoms with Crippen LogP contribution in [-0.4, -0.2) is 43.7 Å². The second-order valence-corrected chi connectivity index (χ2v) is 8.93. The van der Waals surface area contributed by atoms with E-state index in [4.69, 9.17) is 11.5 Å². The molecular formula is C20H23F3N6O5S. The number of halogens is 3. The number of guanidine groups is 1. The number of nitrogens with two attached hydrogens (primary N) is 2. The molecule has 1 amide bonds. The van der Waals surface area contributed by atoms with Crippen molar-refractivity contribution >= 4 is 33.9 Å². The summed E-state index contributed by atoms with van der Waals surface area (Å²) in [5, 5.41) is 2.42. The molecule has 1 heterocycles. The molecule has 0 saturated carbocycles. The van der Waals surface area contributed by atoms with E-state index in [9.17, 15) is 36.0 Å². The van der Waals surface area contributed by atoms with Gasteiger partial charge < -0.3 is 26.1 Å². The Kier molecular flexibility index (Phi) is 8.99. The van der Waals surface area contributed by atoms with Gasteiger partial charge in [-0.05, 0) is 43.2 Å². The minimum absolute atomic E-state index is 0.111. The van der Waals surface area contributed by atoms with Crippen LogP contribution in [0.2, 0.25) is 0 Å². The maximum atomic E-state index is 12.9. The van der Waals surface area contributed by atoms with E-state index < -0.39 is 56.4 Å². The molecule has 6 N–H and O–H groups in total. The van der Waals surface area contributed by atoms with Crippen molar-refractivity contribution in [3.63, 3.8) is 0 Å². The number of rotatable bonds is 11. The summed E-state index contributed by atoms with van der Waals surface area (Å²) in [6, 6.07) is 4.51. The highest BCUT2D eigenvalue weighted by molar-refractivity contribution is 7.92. The number of aldehydes is 1. The number of nitrogens with one attached hydrogen (secondary N) is 2. The van der Waals surface area contributed by atoms with E-state index in [1.165, 1.54) is 12.3 Å². The van der Waals surface area contributed by atoms with Gasteiger partial charge >= 0.3 is 6.18 Å². The first-order valence-electron chi connectivity index (χ1n) is 10.0. The lowest BCUT2D eigenvalue weighted by molar-refractivity contribution is -0.137. The molecule has 190 valence electrons. The second kappa shape index (κ2) is 11.5. The van der Waals surface area contributed by atoms with Crippen LogP contribution in [-0.2, 0) is 32.3 Å². The van der Waals surface area contributed by atoms with Gasteiger partial charge in [-0.25, -0.2) is 8.42 Å². The number of hydrogen-bond donors (Lipinski definition) is 4. The van der Waals surface area contributed by atoms with Gasteiger partial charge in [0.05, 0.1) is 16.5 Å². The van der Waals surface area contributed by atoms with Crippen molar-refractivity contribution in [3.8, 4) is 0 Å². The smallest absolute Gasteiger partial charge is 0.370 e. The molecule has 1 aromatic carbocycles. The molecule has 1 unspecified atom stereocenters. The molecule has 1 atom stereocenters. The number of nitrogens with zero attached hydrogens (tertiary/aromatic N) is 2. The average molecular weight is 517 g/mol. The van der Waals surface area contributed by atoms with Crippen molar-refractivity contribution in [2.45, 2.75) is 36.5 Å². The summed E-state index contributed by atoms with van der Waals surface area (Å²) in [5.74, 6) is -0.816. The molecule has 0 spiro atoms. The summed E-state index contributed by atoms with van der Waals surface area (Å²) >= 11 is 0. The topological polar surface area (TPSA) is 179 Å². The lowest BCUT2D eigenvalue weighted by Gasteiger charge is -2.14. The molecule has 15 heteroatoms. The number of anilines is 1. The number of amides is 1. The molecule has 2 rings (SSSR count). The Balaban J connectivity index is 2.12. The van der Waals surface area contributed by atoms with Crippen LogP contribution in [0.5, 0.6) is 0 Å². The fourth-order valence-electron chi connectivity index (χ4n) is 2.88. The first-order chi connectivity index (χ1) is 16.3. The fourth-order valence-corrected chi connectivity index (χ4v) is 3.99. The first-order valence-corrected chi connectivity index (χ1v) is 11.5. The van der Waals surface area contributed by atoms with Gasteiger partial charge in [0.1, 0.15) is 18.5 Å². The predicted octanol–water partition coefficient (Wildman–Crippen LogP) is 0.405. The standard InChI is InChI=1S/C20H23F3N6O5S/c21-20(22,23)13-4-1-6-15(10-13)35(33,34)28-16-7-3-9-29(18(16)32)11-17(31)27-14(12-30)5-2-8-26-19(24)25/h1,3-4,6-7,9-10,12,14,28H,2,5,8,11H2,(H,27,31)(H4,24,25,26). The van der Waals surface area contributed by atoms with E-state index in [0.717, 1.165) is 22.8 Å². The Morgan fingerprint density at radius 1 is 1.20 bits per heavy atom. The van der Waals surface area contributed by atoms with Gasteiger partial charge in [-0.15, -0.1) is 0 Å². The highest BCUT2D eigenvalue weighted by atomic mass is 32.2. The maximum absolute atomic E-state index is 12.9. The minimum Gasteiger partial charge on any atom is -0.370 e. The third-order valence-corrected chi connectivity index (χ3v) is 5.89. The lowest BCUT2D eigenvalue weighted by atomic mass is 10.2. The number of carbonyl (C=O) groups excluding carboxylic acids is 2. The van der Waals surface area contributed by atoms with E-state index in [1.807, 2.05) is 4.72 Å². The second-order valence-electron chi connectivity index (χ2n) is 7.24. The number of alkyl halides is 3. The number of benzene rings is 1. The van der Waals surface area contributed by atoms with Gasteiger partial charge in [-0.2, -0.15) is 13.2 Å². The molecule has 2 aromatic rings. The van der Waals surface area contributed by atoms with Crippen LogP contribution in [0.1, 0.15) is 18.4 Å². The third-order valence-electron chi connectivity index (χ3n) is 4.53. The fraction of sp³-hybridized carbons (Fsp3) is 0.300. The van der Waals surface area contributed by atoms with Crippen LogP contribution in [0.3, 0.4) is 0 Å². The lowest BCUT2D eigenvalue weighted by Crippen LogP contribution is -2.40. The number of carbonyl (C=O) groups is 2.